The molecule has 0 saturated heterocycles. The van der Waals surface area contributed by atoms with Gasteiger partial charge >= 0.3 is 5.97 Å². The highest BCUT2D eigenvalue weighted by molar-refractivity contribution is 14.1. The summed E-state index contributed by atoms with van der Waals surface area (Å²) >= 11 is 2.15. The molecule has 90 valence electrons. The van der Waals surface area contributed by atoms with E-state index in [9.17, 15) is 4.79 Å². The lowest BCUT2D eigenvalue weighted by atomic mass is 10.0. The van der Waals surface area contributed by atoms with E-state index in [0.717, 1.165) is 16.4 Å². The van der Waals surface area contributed by atoms with E-state index >= 15 is 0 Å². The molecular weight excluding hydrogens is 317 g/mol. The van der Waals surface area contributed by atoms with Gasteiger partial charge in [-0.1, -0.05) is 20.3 Å². The molecule has 1 rings (SSSR count). The molecule has 1 aromatic rings. The molecular formula is C12H18INO2. The minimum absolute atomic E-state index is 0.240. The van der Waals surface area contributed by atoms with Gasteiger partial charge in [0.05, 0.1) is 0 Å². The molecule has 2 unspecified atom stereocenters. The smallest absolute Gasteiger partial charge is 0.352 e. The SMILES string of the molecule is CCC(C)CC(C)n1cc(I)cc1C(=O)O. The fourth-order valence-corrected chi connectivity index (χ4v) is 2.44. The van der Waals surface area contributed by atoms with Gasteiger partial charge in [0.1, 0.15) is 5.69 Å². The summed E-state index contributed by atoms with van der Waals surface area (Å²) in [5, 5.41) is 9.10. The van der Waals surface area contributed by atoms with Crippen molar-refractivity contribution in [2.45, 2.75) is 39.7 Å². The maximum Gasteiger partial charge on any atom is 0.352 e. The Morgan fingerprint density at radius 1 is 1.56 bits per heavy atom. The van der Waals surface area contributed by atoms with Crippen molar-refractivity contribution in [3.8, 4) is 0 Å². The maximum atomic E-state index is 11.1. The minimum Gasteiger partial charge on any atom is -0.477 e. The minimum atomic E-state index is -0.848. The molecule has 1 aromatic heterocycles. The predicted octanol–water partition coefficient (Wildman–Crippen LogP) is 3.79. The number of aromatic nitrogens is 1. The van der Waals surface area contributed by atoms with Gasteiger partial charge in [-0.25, -0.2) is 4.79 Å². The number of carboxylic acid groups (broad SMARTS) is 1. The second-order valence-corrected chi connectivity index (χ2v) is 5.60. The Kier molecular flexibility index (Phi) is 4.83. The van der Waals surface area contributed by atoms with Crippen molar-refractivity contribution in [2.24, 2.45) is 5.92 Å². The summed E-state index contributed by atoms with van der Waals surface area (Å²) in [5.41, 5.74) is 0.389. The van der Waals surface area contributed by atoms with Gasteiger partial charge in [0, 0.05) is 15.8 Å². The molecule has 4 heteroatoms. The average molecular weight is 335 g/mol. The van der Waals surface area contributed by atoms with E-state index in [2.05, 4.69) is 43.4 Å². The van der Waals surface area contributed by atoms with Crippen LogP contribution in [0.4, 0.5) is 0 Å². The van der Waals surface area contributed by atoms with E-state index < -0.39 is 5.97 Å². The molecule has 1 N–H and O–H groups in total. The Balaban J connectivity index is 2.89. The van der Waals surface area contributed by atoms with Crippen molar-refractivity contribution in [3.05, 3.63) is 21.5 Å². The van der Waals surface area contributed by atoms with Gasteiger partial charge < -0.3 is 9.67 Å². The van der Waals surface area contributed by atoms with Crippen molar-refractivity contribution in [1.82, 2.24) is 4.57 Å². The summed E-state index contributed by atoms with van der Waals surface area (Å²) < 4.78 is 2.85. The molecule has 2 atom stereocenters. The van der Waals surface area contributed by atoms with Gasteiger partial charge in [0.25, 0.3) is 0 Å². The van der Waals surface area contributed by atoms with E-state index in [-0.39, 0.29) is 6.04 Å². The van der Waals surface area contributed by atoms with Crippen molar-refractivity contribution in [1.29, 1.82) is 0 Å². The fraction of sp³-hybridized carbons (Fsp3) is 0.583. The zero-order chi connectivity index (χ0) is 12.3. The van der Waals surface area contributed by atoms with Crippen LogP contribution < -0.4 is 0 Å². The van der Waals surface area contributed by atoms with Crippen LogP contribution in [0.15, 0.2) is 12.3 Å². The van der Waals surface area contributed by atoms with Crippen LogP contribution in [0.25, 0.3) is 0 Å². The normalized spacial score (nSPS) is 14.8. The molecule has 0 aromatic carbocycles. The number of nitrogens with zero attached hydrogens (tertiary/aromatic N) is 1. The molecule has 0 fully saturated rings. The van der Waals surface area contributed by atoms with E-state index in [1.807, 2.05) is 10.8 Å². The lowest BCUT2D eigenvalue weighted by molar-refractivity contribution is 0.0682. The number of hydrogen-bond donors (Lipinski definition) is 1. The molecule has 0 saturated carbocycles. The third kappa shape index (κ3) is 3.23. The summed E-state index contributed by atoms with van der Waals surface area (Å²) in [5.74, 6) is -0.226. The van der Waals surface area contributed by atoms with E-state index in [1.165, 1.54) is 0 Å². The van der Waals surface area contributed by atoms with Gasteiger partial charge in [0.2, 0.25) is 0 Å². The van der Waals surface area contributed by atoms with E-state index in [4.69, 9.17) is 5.11 Å². The third-order valence-corrected chi connectivity index (χ3v) is 3.54. The molecule has 0 spiro atoms. The number of aromatic carboxylic acids is 1. The van der Waals surface area contributed by atoms with Gasteiger partial charge in [-0.15, -0.1) is 0 Å². The fourth-order valence-electron chi connectivity index (χ4n) is 1.84. The monoisotopic (exact) mass is 335 g/mol. The highest BCUT2D eigenvalue weighted by Gasteiger charge is 2.17. The van der Waals surface area contributed by atoms with Crippen LogP contribution in [-0.2, 0) is 0 Å². The first-order chi connectivity index (χ1) is 7.45. The van der Waals surface area contributed by atoms with Crippen LogP contribution in [0.2, 0.25) is 0 Å². The Hall–Kier alpha value is -0.520. The molecule has 0 aliphatic rings. The van der Waals surface area contributed by atoms with Crippen LogP contribution in [0, 0.1) is 9.49 Å². The van der Waals surface area contributed by atoms with E-state index in [1.54, 1.807) is 6.07 Å². The zero-order valence-corrected chi connectivity index (χ0v) is 12.1. The first kappa shape index (κ1) is 13.5. The molecule has 1 heterocycles. The maximum absolute atomic E-state index is 11.1. The summed E-state index contributed by atoms with van der Waals surface area (Å²) in [6.07, 6.45) is 4.06. The zero-order valence-electron chi connectivity index (χ0n) is 9.90. The number of carbonyl (C=O) groups is 1. The first-order valence-corrected chi connectivity index (χ1v) is 6.64. The highest BCUT2D eigenvalue weighted by atomic mass is 127. The molecule has 0 amide bonds. The number of rotatable bonds is 5. The lowest BCUT2D eigenvalue weighted by Gasteiger charge is -2.19. The number of carboxylic acids is 1. The Bertz CT molecular complexity index is 373. The van der Waals surface area contributed by atoms with Crippen LogP contribution in [0.3, 0.4) is 0 Å². The van der Waals surface area contributed by atoms with Gasteiger partial charge in [-0.3, -0.25) is 0 Å². The van der Waals surface area contributed by atoms with Crippen molar-refractivity contribution in [3.63, 3.8) is 0 Å². The summed E-state index contributed by atoms with van der Waals surface area (Å²) in [6.45, 7) is 6.44. The Labute approximate surface area is 110 Å². The van der Waals surface area contributed by atoms with Crippen LogP contribution in [-0.4, -0.2) is 15.6 Å². The van der Waals surface area contributed by atoms with Crippen LogP contribution >= 0.6 is 22.6 Å². The van der Waals surface area contributed by atoms with Crippen molar-refractivity contribution >= 4 is 28.6 Å². The molecule has 16 heavy (non-hydrogen) atoms. The van der Waals surface area contributed by atoms with Crippen molar-refractivity contribution in [2.75, 3.05) is 0 Å². The Morgan fingerprint density at radius 3 is 2.69 bits per heavy atom. The second kappa shape index (κ2) is 5.70. The molecule has 0 aliphatic heterocycles. The van der Waals surface area contributed by atoms with Gasteiger partial charge in [0.15, 0.2) is 0 Å². The second-order valence-electron chi connectivity index (χ2n) is 4.35. The number of halogens is 1. The van der Waals surface area contributed by atoms with Crippen LogP contribution in [0.1, 0.15) is 50.1 Å². The standard InChI is InChI=1S/C12H18INO2/c1-4-8(2)5-9(3)14-7-10(13)6-11(14)12(15)16/h6-9H,4-5H2,1-3H3,(H,15,16). The first-order valence-electron chi connectivity index (χ1n) is 5.56. The molecule has 0 aliphatic carbocycles. The van der Waals surface area contributed by atoms with Crippen LogP contribution in [0.5, 0.6) is 0 Å². The van der Waals surface area contributed by atoms with Gasteiger partial charge in [-0.2, -0.15) is 0 Å². The predicted molar refractivity (Wildman–Crippen MR) is 72.9 cm³/mol. The van der Waals surface area contributed by atoms with Crippen molar-refractivity contribution < 1.29 is 9.90 Å². The Morgan fingerprint density at radius 2 is 2.19 bits per heavy atom. The lowest BCUT2D eigenvalue weighted by Crippen LogP contribution is -2.14. The third-order valence-electron chi connectivity index (χ3n) is 2.95. The summed E-state index contributed by atoms with van der Waals surface area (Å²) in [7, 11) is 0. The summed E-state index contributed by atoms with van der Waals surface area (Å²) in [4.78, 5) is 11.1. The summed E-state index contributed by atoms with van der Waals surface area (Å²) in [6, 6.07) is 1.96. The molecule has 3 nitrogen and oxygen atoms in total. The quantitative estimate of drug-likeness (QED) is 0.832. The number of hydrogen-bond acceptors (Lipinski definition) is 1. The molecule has 0 radical (unpaired) electrons. The van der Waals surface area contributed by atoms with Gasteiger partial charge in [-0.05, 0) is 47.9 Å². The van der Waals surface area contributed by atoms with E-state index in [0.29, 0.717) is 11.6 Å². The molecule has 0 bridgehead atoms. The average Bonchev–Trinajstić information content (AvgIpc) is 2.60. The largest absolute Gasteiger partial charge is 0.477 e. The highest BCUT2D eigenvalue weighted by Crippen LogP contribution is 2.23. The topological polar surface area (TPSA) is 42.2 Å².